The number of hydrogen-bond acceptors (Lipinski definition) is 9. The highest BCUT2D eigenvalue weighted by atomic mass is 35.5. The van der Waals surface area contributed by atoms with Crippen molar-refractivity contribution >= 4 is 73.9 Å². The minimum atomic E-state index is -1.40. The zero-order valence-corrected chi connectivity index (χ0v) is 35.9. The predicted octanol–water partition coefficient (Wildman–Crippen LogP) is 9.19. The van der Waals surface area contributed by atoms with Crippen LogP contribution in [0.3, 0.4) is 0 Å². The van der Waals surface area contributed by atoms with Crippen molar-refractivity contribution in [2.45, 2.75) is 46.1 Å². The maximum atomic E-state index is 15.3. The molecule has 3 fully saturated rings. The number of fused-ring (bicyclic) bond motifs is 5. The molecule has 0 spiro atoms. The number of allylic oxidation sites excluding steroid dienone is 2. The van der Waals surface area contributed by atoms with Gasteiger partial charge in [-0.15, -0.1) is 11.3 Å². The average molecular weight is 865 g/mol. The van der Waals surface area contributed by atoms with Crippen LogP contribution < -0.4 is 14.5 Å². The number of hydrogen-bond donors (Lipinski definition) is 1. The number of ether oxygens (including phenoxy) is 1. The Labute approximate surface area is 366 Å². The number of aryl methyl sites for hydroxylation is 2. The van der Waals surface area contributed by atoms with Crippen molar-refractivity contribution in [1.29, 1.82) is 0 Å². The van der Waals surface area contributed by atoms with Crippen LogP contribution in [0, 0.1) is 36.0 Å². The molecule has 312 valence electrons. The molecule has 2 aliphatic heterocycles. The number of amides is 4. The summed E-state index contributed by atoms with van der Waals surface area (Å²) in [5.74, 6) is -5.05. The topological polar surface area (TPSA) is 139 Å². The molecule has 0 radical (unpaired) electrons. The Morgan fingerprint density at radius 2 is 1.68 bits per heavy atom. The normalized spacial score (nSPS) is 24.3. The number of anilines is 2. The van der Waals surface area contributed by atoms with E-state index in [1.807, 2.05) is 61.5 Å². The van der Waals surface area contributed by atoms with Crippen LogP contribution in [-0.2, 0) is 32.8 Å². The Morgan fingerprint density at radius 1 is 0.919 bits per heavy atom. The monoisotopic (exact) mass is 864 g/mol. The number of ketones is 1. The molecule has 62 heavy (non-hydrogen) atoms. The Hall–Kier alpha value is -6.37. The summed E-state index contributed by atoms with van der Waals surface area (Å²) < 4.78 is 8.64. The first kappa shape index (κ1) is 39.7. The molecule has 4 aliphatic rings. The van der Waals surface area contributed by atoms with Crippen molar-refractivity contribution in [3.05, 3.63) is 136 Å². The standard InChI is InChI=1S/C49H41ClN4O7S/c1-25-35-20-29(50)12-19-40(35)62-44(25)38-23-41(52(4)51-38)54-46(58)37-22-36-32(17-18-34-42(36)47(59)53(45(34)57)30-13-10-28(11-14-30)26(2)55)43(49(37,3)48(54)60)33-16-15-31(21-39(33)56)61-24-27-8-6-5-7-9-27/h5-17,19-21,23,34,36-37,42-43,56H,18,22,24H2,1-4H3. The highest BCUT2D eigenvalue weighted by Crippen LogP contribution is 2.64. The number of imide groups is 2. The third-order valence-corrected chi connectivity index (χ3v) is 15.1. The second-order valence-corrected chi connectivity index (χ2v) is 18.5. The van der Waals surface area contributed by atoms with Crippen LogP contribution in [0.4, 0.5) is 11.5 Å². The molecule has 6 unspecified atom stereocenters. The molecule has 6 atom stereocenters. The van der Waals surface area contributed by atoms with E-state index in [1.54, 1.807) is 72.5 Å². The van der Waals surface area contributed by atoms with Gasteiger partial charge in [0.1, 0.15) is 29.6 Å². The van der Waals surface area contributed by atoms with E-state index in [0.29, 0.717) is 39.1 Å². The first-order valence-electron chi connectivity index (χ1n) is 20.6. The van der Waals surface area contributed by atoms with Crippen LogP contribution in [0.15, 0.2) is 109 Å². The van der Waals surface area contributed by atoms with Gasteiger partial charge in [-0.3, -0.25) is 33.6 Å². The van der Waals surface area contributed by atoms with Crippen molar-refractivity contribution < 1.29 is 33.8 Å². The highest BCUT2D eigenvalue weighted by molar-refractivity contribution is 7.22. The second-order valence-electron chi connectivity index (χ2n) is 17.0. The summed E-state index contributed by atoms with van der Waals surface area (Å²) in [6.07, 6.45) is 2.32. The minimum absolute atomic E-state index is 0.118. The van der Waals surface area contributed by atoms with Gasteiger partial charge in [0.15, 0.2) is 5.78 Å². The molecule has 11 nitrogen and oxygen atoms in total. The number of phenols is 1. The van der Waals surface area contributed by atoms with Crippen LogP contribution in [0.25, 0.3) is 20.7 Å². The van der Waals surface area contributed by atoms with Crippen molar-refractivity contribution in [3.63, 3.8) is 0 Å². The number of Topliss-reactive ketones (excluding diaryl/α,β-unsaturated/α-hetero) is 1. The zero-order valence-electron chi connectivity index (χ0n) is 34.3. The molecule has 6 aromatic rings. The molecule has 2 aliphatic carbocycles. The van der Waals surface area contributed by atoms with Gasteiger partial charge in [0.05, 0.1) is 33.7 Å². The molecule has 4 amide bonds. The fourth-order valence-electron chi connectivity index (χ4n) is 10.5. The molecule has 13 heteroatoms. The van der Waals surface area contributed by atoms with Gasteiger partial charge in [0.25, 0.3) is 0 Å². The summed E-state index contributed by atoms with van der Waals surface area (Å²) >= 11 is 7.90. The van der Waals surface area contributed by atoms with Crippen LogP contribution >= 0.6 is 22.9 Å². The number of carbonyl (C=O) groups is 5. The average Bonchev–Trinajstić information content (AvgIpc) is 3.93. The van der Waals surface area contributed by atoms with E-state index in [2.05, 4.69) is 0 Å². The van der Waals surface area contributed by atoms with Gasteiger partial charge >= 0.3 is 0 Å². The van der Waals surface area contributed by atoms with E-state index in [0.717, 1.165) is 31.7 Å². The maximum Gasteiger partial charge on any atom is 0.242 e. The van der Waals surface area contributed by atoms with E-state index in [1.165, 1.54) is 22.8 Å². The van der Waals surface area contributed by atoms with Gasteiger partial charge in [-0.2, -0.15) is 5.10 Å². The van der Waals surface area contributed by atoms with Crippen LogP contribution in [0.5, 0.6) is 11.5 Å². The Bertz CT molecular complexity index is 2940. The van der Waals surface area contributed by atoms with E-state index >= 15 is 9.59 Å². The number of aromatic hydroxyl groups is 1. The Morgan fingerprint density at radius 3 is 2.40 bits per heavy atom. The molecular weight excluding hydrogens is 824 g/mol. The molecular formula is C49H41ClN4O7S. The van der Waals surface area contributed by atoms with E-state index < -0.39 is 52.7 Å². The lowest BCUT2D eigenvalue weighted by atomic mass is 9.51. The Balaban J connectivity index is 1.06. The predicted molar refractivity (Wildman–Crippen MR) is 236 cm³/mol. The molecule has 1 saturated carbocycles. The largest absolute Gasteiger partial charge is 0.508 e. The SMILES string of the molecule is CC(=O)c1ccc(N2C(=O)C3CC=C4C(CC5C(=O)N(c6cc(-c7sc8ccc(Cl)cc8c7C)nn6C)C(=O)C5(C)C4c4ccc(OCc5ccccc5)cc4O)C3C2=O)cc1. The number of halogens is 1. The summed E-state index contributed by atoms with van der Waals surface area (Å²) in [5, 5.41) is 18.3. The zero-order chi connectivity index (χ0) is 43.4. The number of aromatic nitrogens is 2. The Kier molecular flexibility index (Phi) is 9.38. The minimum Gasteiger partial charge on any atom is -0.508 e. The van der Waals surface area contributed by atoms with Gasteiger partial charge in [-0.05, 0) is 105 Å². The van der Waals surface area contributed by atoms with Crippen molar-refractivity contribution in [2.24, 2.45) is 36.1 Å². The lowest BCUT2D eigenvalue weighted by molar-refractivity contribution is -0.131. The third kappa shape index (κ3) is 5.98. The van der Waals surface area contributed by atoms with Gasteiger partial charge in [0.2, 0.25) is 23.6 Å². The number of benzene rings is 4. The van der Waals surface area contributed by atoms with Crippen LogP contribution in [0.2, 0.25) is 5.02 Å². The fourth-order valence-corrected chi connectivity index (χ4v) is 11.8. The summed E-state index contributed by atoms with van der Waals surface area (Å²) in [6, 6.07) is 28.5. The van der Waals surface area contributed by atoms with Gasteiger partial charge in [0, 0.05) is 45.9 Å². The molecule has 1 N–H and O–H groups in total. The summed E-state index contributed by atoms with van der Waals surface area (Å²) in [5.41, 5.74) is 3.10. The summed E-state index contributed by atoms with van der Waals surface area (Å²) in [6.45, 7) is 5.50. The molecule has 2 aromatic heterocycles. The van der Waals surface area contributed by atoms with Crippen LogP contribution in [0.1, 0.15) is 59.7 Å². The third-order valence-electron chi connectivity index (χ3n) is 13.6. The van der Waals surface area contributed by atoms with E-state index in [4.69, 9.17) is 21.4 Å². The quantitative estimate of drug-likeness (QED) is 0.0908. The lowest BCUT2D eigenvalue weighted by Crippen LogP contribution is -2.49. The highest BCUT2D eigenvalue weighted by Gasteiger charge is 2.68. The first-order valence-corrected chi connectivity index (χ1v) is 21.8. The van der Waals surface area contributed by atoms with Crippen molar-refractivity contribution in [3.8, 4) is 22.1 Å². The van der Waals surface area contributed by atoms with Gasteiger partial charge in [-0.1, -0.05) is 59.6 Å². The molecule has 2 saturated heterocycles. The fraction of sp³-hybridized carbons (Fsp3) is 0.265. The van der Waals surface area contributed by atoms with E-state index in [-0.39, 0.29) is 36.9 Å². The van der Waals surface area contributed by atoms with Crippen LogP contribution in [-0.4, -0.2) is 44.3 Å². The number of carbonyl (C=O) groups excluding carboxylic acids is 5. The summed E-state index contributed by atoms with van der Waals surface area (Å²) in [4.78, 5) is 74.5. The number of nitrogens with zero attached hydrogens (tertiary/aromatic N) is 4. The molecule has 4 heterocycles. The van der Waals surface area contributed by atoms with Gasteiger partial charge in [-0.25, -0.2) is 4.90 Å². The lowest BCUT2D eigenvalue weighted by Gasteiger charge is -2.49. The van der Waals surface area contributed by atoms with E-state index in [9.17, 15) is 19.5 Å². The molecule has 10 rings (SSSR count). The number of thiophene rings is 1. The van der Waals surface area contributed by atoms with Crippen molar-refractivity contribution in [2.75, 3.05) is 9.80 Å². The smallest absolute Gasteiger partial charge is 0.242 e. The first-order chi connectivity index (χ1) is 29.8. The van der Waals surface area contributed by atoms with Gasteiger partial charge < -0.3 is 9.84 Å². The second kappa shape index (κ2) is 14.6. The molecule has 4 aromatic carbocycles. The van der Waals surface area contributed by atoms with Crippen molar-refractivity contribution in [1.82, 2.24) is 9.78 Å². The number of rotatable bonds is 8. The summed E-state index contributed by atoms with van der Waals surface area (Å²) in [7, 11) is 1.70. The maximum absolute atomic E-state index is 15.3. The number of phenolic OH excluding ortho intramolecular Hbond substituents is 1. The molecule has 0 bridgehead atoms.